The van der Waals surface area contributed by atoms with Crippen molar-refractivity contribution in [1.82, 2.24) is 15.0 Å². The van der Waals surface area contributed by atoms with Gasteiger partial charge in [-0.3, -0.25) is 4.79 Å². The summed E-state index contributed by atoms with van der Waals surface area (Å²) in [5.41, 5.74) is 5.12. The maximum Gasteiger partial charge on any atom is 0.225 e. The minimum atomic E-state index is -0.168. The third kappa shape index (κ3) is 2.95. The van der Waals surface area contributed by atoms with E-state index in [1.54, 1.807) is 19.0 Å². The Morgan fingerprint density at radius 3 is 2.53 bits per heavy atom. The molecule has 1 atom stereocenters. The molecular weight excluding hydrogens is 380 g/mol. The van der Waals surface area contributed by atoms with Gasteiger partial charge in [-0.1, -0.05) is 24.3 Å². The third-order valence-corrected chi connectivity index (χ3v) is 5.40. The van der Waals surface area contributed by atoms with Crippen LogP contribution in [0.25, 0.3) is 16.7 Å². The van der Waals surface area contributed by atoms with Crippen LogP contribution >= 0.6 is 0 Å². The summed E-state index contributed by atoms with van der Waals surface area (Å²) >= 11 is 0. The Labute approximate surface area is 173 Å². The largest absolute Gasteiger partial charge is 0.493 e. The van der Waals surface area contributed by atoms with Gasteiger partial charge in [-0.25, -0.2) is 0 Å². The molecule has 1 amide bonds. The highest BCUT2D eigenvalue weighted by molar-refractivity contribution is 5.99. The molecule has 1 aliphatic rings. The molecule has 2 heterocycles. The Morgan fingerprint density at radius 2 is 1.77 bits per heavy atom. The van der Waals surface area contributed by atoms with Crippen LogP contribution in [0.1, 0.15) is 23.5 Å². The van der Waals surface area contributed by atoms with Crippen molar-refractivity contribution < 1.29 is 14.3 Å². The number of carbonyl (C=O) groups excluding carboxylic acids is 1. The van der Waals surface area contributed by atoms with Gasteiger partial charge in [-0.15, -0.1) is 10.2 Å². The van der Waals surface area contributed by atoms with Crippen LogP contribution in [0.3, 0.4) is 0 Å². The Kier molecular flexibility index (Phi) is 4.35. The number of nitrogens with zero attached hydrogens (tertiary/aromatic N) is 3. The molecule has 7 nitrogen and oxygen atoms in total. The molecule has 0 spiro atoms. The molecule has 0 aliphatic carbocycles. The molecule has 0 radical (unpaired) electrons. The molecule has 0 fully saturated rings. The van der Waals surface area contributed by atoms with Crippen LogP contribution in [0.15, 0.2) is 60.7 Å². The predicted octanol–water partition coefficient (Wildman–Crippen LogP) is 3.91. The molecular formula is C23H20N4O3. The average Bonchev–Trinajstić information content (AvgIpc) is 3.23. The van der Waals surface area contributed by atoms with E-state index in [2.05, 4.69) is 10.4 Å². The summed E-state index contributed by atoms with van der Waals surface area (Å²) in [5, 5.41) is 12.4. The van der Waals surface area contributed by atoms with Crippen molar-refractivity contribution in [3.63, 3.8) is 0 Å². The van der Waals surface area contributed by atoms with Crippen molar-refractivity contribution in [3.05, 3.63) is 71.8 Å². The fraction of sp³-hybridized carbons (Fsp3) is 0.174. The summed E-state index contributed by atoms with van der Waals surface area (Å²) in [7, 11) is 3.21. The molecule has 1 aliphatic heterocycles. The van der Waals surface area contributed by atoms with Crippen LogP contribution in [-0.2, 0) is 4.79 Å². The molecule has 0 bridgehead atoms. The van der Waals surface area contributed by atoms with E-state index in [9.17, 15) is 4.79 Å². The van der Waals surface area contributed by atoms with Crippen LogP contribution in [-0.4, -0.2) is 35.1 Å². The van der Waals surface area contributed by atoms with Crippen LogP contribution in [0, 0.1) is 0 Å². The molecule has 150 valence electrons. The maximum atomic E-state index is 12.4. The molecule has 0 saturated heterocycles. The molecule has 0 saturated carbocycles. The van der Waals surface area contributed by atoms with Crippen molar-refractivity contribution in [2.75, 3.05) is 19.5 Å². The first kappa shape index (κ1) is 18.2. The number of anilines is 1. The van der Waals surface area contributed by atoms with E-state index in [1.807, 2.05) is 60.7 Å². The minimum absolute atomic E-state index is 0.0305. The van der Waals surface area contributed by atoms with Gasteiger partial charge in [0.2, 0.25) is 5.91 Å². The first-order valence-corrected chi connectivity index (χ1v) is 9.65. The minimum Gasteiger partial charge on any atom is -0.493 e. The van der Waals surface area contributed by atoms with Crippen LogP contribution in [0.4, 0.5) is 5.69 Å². The summed E-state index contributed by atoms with van der Waals surface area (Å²) < 4.78 is 10.8. The number of ether oxygens (including phenoxy) is 2. The number of carbonyl (C=O) groups is 1. The Morgan fingerprint density at radius 1 is 0.967 bits per heavy atom. The van der Waals surface area contributed by atoms with Gasteiger partial charge in [0, 0.05) is 23.6 Å². The monoisotopic (exact) mass is 400 g/mol. The summed E-state index contributed by atoms with van der Waals surface area (Å²) in [4.78, 5) is 14.1. The van der Waals surface area contributed by atoms with E-state index in [-0.39, 0.29) is 11.8 Å². The molecule has 1 N–H and O–H groups in total. The van der Waals surface area contributed by atoms with Crippen molar-refractivity contribution in [3.8, 4) is 17.2 Å². The summed E-state index contributed by atoms with van der Waals surface area (Å²) in [5.74, 6) is 1.08. The molecule has 7 heteroatoms. The standard InChI is InChI=1S/C23H20N4O3/c1-29-19-11-8-14(12-20(19)30-2)16-13-21(28)24-17-9-10-18-23(22(16)17)26-27(25-18)15-6-4-3-5-7-15/h3-12,16H,13H2,1-2H3,(H,24,28)/t16-/m1/s1. The summed E-state index contributed by atoms with van der Waals surface area (Å²) in [6.07, 6.45) is 0.319. The highest BCUT2D eigenvalue weighted by atomic mass is 16.5. The fourth-order valence-corrected chi connectivity index (χ4v) is 3.98. The zero-order valence-corrected chi connectivity index (χ0v) is 16.6. The van der Waals surface area contributed by atoms with E-state index in [4.69, 9.17) is 14.6 Å². The normalized spacial score (nSPS) is 15.5. The number of nitrogens with one attached hydrogen (secondary N) is 1. The maximum absolute atomic E-state index is 12.4. The Hall–Kier alpha value is -3.87. The first-order chi connectivity index (χ1) is 14.7. The lowest BCUT2D eigenvalue weighted by Gasteiger charge is -2.26. The van der Waals surface area contributed by atoms with Gasteiger partial charge in [0.25, 0.3) is 0 Å². The zero-order chi connectivity index (χ0) is 20.7. The lowest BCUT2D eigenvalue weighted by molar-refractivity contribution is -0.116. The third-order valence-electron chi connectivity index (χ3n) is 5.40. The zero-order valence-electron chi connectivity index (χ0n) is 16.6. The predicted molar refractivity (Wildman–Crippen MR) is 114 cm³/mol. The lowest BCUT2D eigenvalue weighted by Crippen LogP contribution is -2.23. The number of amides is 1. The van der Waals surface area contributed by atoms with E-state index in [1.165, 1.54) is 0 Å². The van der Waals surface area contributed by atoms with Gasteiger partial charge >= 0.3 is 0 Å². The molecule has 3 aromatic carbocycles. The quantitative estimate of drug-likeness (QED) is 0.562. The molecule has 5 rings (SSSR count). The first-order valence-electron chi connectivity index (χ1n) is 9.65. The number of benzene rings is 3. The smallest absolute Gasteiger partial charge is 0.225 e. The Balaban J connectivity index is 1.69. The molecule has 0 unspecified atom stereocenters. The average molecular weight is 400 g/mol. The second-order valence-corrected chi connectivity index (χ2v) is 7.14. The van der Waals surface area contributed by atoms with E-state index < -0.39 is 0 Å². The van der Waals surface area contributed by atoms with Gasteiger partial charge in [0.1, 0.15) is 11.0 Å². The van der Waals surface area contributed by atoms with E-state index in [0.717, 1.165) is 33.5 Å². The molecule has 1 aromatic heterocycles. The van der Waals surface area contributed by atoms with Gasteiger partial charge in [-0.05, 0) is 42.0 Å². The highest BCUT2D eigenvalue weighted by Crippen LogP contribution is 2.42. The van der Waals surface area contributed by atoms with Crippen molar-refractivity contribution in [1.29, 1.82) is 0 Å². The van der Waals surface area contributed by atoms with Crippen LogP contribution in [0.2, 0.25) is 0 Å². The Bertz CT molecular complexity index is 1250. The topological polar surface area (TPSA) is 78.3 Å². The van der Waals surface area contributed by atoms with Crippen molar-refractivity contribution in [2.24, 2.45) is 0 Å². The van der Waals surface area contributed by atoms with Gasteiger partial charge in [0.05, 0.1) is 19.9 Å². The number of hydrogen-bond acceptors (Lipinski definition) is 5. The van der Waals surface area contributed by atoms with E-state index >= 15 is 0 Å². The molecule has 4 aromatic rings. The fourth-order valence-electron chi connectivity index (χ4n) is 3.98. The lowest BCUT2D eigenvalue weighted by atomic mass is 9.84. The van der Waals surface area contributed by atoms with E-state index in [0.29, 0.717) is 17.9 Å². The summed E-state index contributed by atoms with van der Waals surface area (Å²) in [6.45, 7) is 0. The molecule has 30 heavy (non-hydrogen) atoms. The van der Waals surface area contributed by atoms with Crippen molar-refractivity contribution in [2.45, 2.75) is 12.3 Å². The number of para-hydroxylation sites is 1. The number of fused-ring (bicyclic) bond motifs is 3. The SMILES string of the molecule is COc1ccc([C@H]2CC(=O)Nc3ccc4nn(-c5ccccc5)nc4c32)cc1OC. The van der Waals surface area contributed by atoms with Gasteiger partial charge in [0.15, 0.2) is 11.5 Å². The summed E-state index contributed by atoms with van der Waals surface area (Å²) in [6, 6.07) is 19.3. The highest BCUT2D eigenvalue weighted by Gasteiger charge is 2.30. The van der Waals surface area contributed by atoms with Gasteiger partial charge in [-0.2, -0.15) is 4.80 Å². The number of rotatable bonds is 4. The second-order valence-electron chi connectivity index (χ2n) is 7.14. The number of aromatic nitrogens is 3. The number of hydrogen-bond donors (Lipinski definition) is 1. The van der Waals surface area contributed by atoms with Crippen LogP contribution < -0.4 is 14.8 Å². The van der Waals surface area contributed by atoms with Crippen molar-refractivity contribution >= 4 is 22.6 Å². The number of methoxy groups -OCH3 is 2. The second kappa shape index (κ2) is 7.18. The van der Waals surface area contributed by atoms with Gasteiger partial charge < -0.3 is 14.8 Å². The van der Waals surface area contributed by atoms with Crippen LogP contribution in [0.5, 0.6) is 11.5 Å².